The summed E-state index contributed by atoms with van der Waals surface area (Å²) in [4.78, 5) is 13.0. The second kappa shape index (κ2) is 8.68. The third kappa shape index (κ3) is 5.08. The predicted molar refractivity (Wildman–Crippen MR) is 98.7 cm³/mol. The molecule has 1 aliphatic heterocycles. The fourth-order valence-corrected chi connectivity index (χ4v) is 5.27. The molecular formula is C16H24Cl2N3O3S+. The molecule has 0 aliphatic carbocycles. The number of halogens is 2. The maximum Gasteiger partial charge on any atom is 0.275 e. The van der Waals surface area contributed by atoms with Gasteiger partial charge >= 0.3 is 0 Å². The highest BCUT2D eigenvalue weighted by atomic mass is 35.5. The lowest BCUT2D eigenvalue weighted by atomic mass is 10.2. The van der Waals surface area contributed by atoms with E-state index in [2.05, 4.69) is 5.32 Å². The van der Waals surface area contributed by atoms with E-state index in [4.69, 9.17) is 23.2 Å². The van der Waals surface area contributed by atoms with Gasteiger partial charge in [0.25, 0.3) is 5.91 Å². The van der Waals surface area contributed by atoms with Crippen molar-refractivity contribution in [2.75, 3.05) is 32.7 Å². The second-order valence-corrected chi connectivity index (χ2v) is 8.95. The molecule has 25 heavy (non-hydrogen) atoms. The van der Waals surface area contributed by atoms with Gasteiger partial charge in [-0.2, -0.15) is 4.31 Å². The van der Waals surface area contributed by atoms with Gasteiger partial charge in [0.15, 0.2) is 6.54 Å². The molecule has 9 heteroatoms. The Balaban J connectivity index is 1.99. The van der Waals surface area contributed by atoms with Crippen molar-refractivity contribution in [2.45, 2.75) is 31.2 Å². The lowest BCUT2D eigenvalue weighted by Crippen LogP contribution is -3.15. The third-order valence-corrected chi connectivity index (χ3v) is 7.23. The van der Waals surface area contributed by atoms with E-state index >= 15 is 0 Å². The molecule has 0 radical (unpaired) electrons. The maximum atomic E-state index is 12.8. The van der Waals surface area contributed by atoms with Crippen LogP contribution in [-0.2, 0) is 14.8 Å². The summed E-state index contributed by atoms with van der Waals surface area (Å²) in [5.74, 6) is -0.00481. The van der Waals surface area contributed by atoms with Crippen LogP contribution >= 0.6 is 23.2 Å². The maximum absolute atomic E-state index is 12.8. The number of piperazine rings is 1. The van der Waals surface area contributed by atoms with E-state index < -0.39 is 10.0 Å². The standard InChI is InChI=1S/C16H23Cl2N3O3S/c1-3-12(2)19-15(22)11-20-7-9-21(10-8-20)25(23,24)16-13(17)5-4-6-14(16)18/h4-6,12H,3,7-11H2,1-2H3,(H,19,22)/p+1/t12-/m1/s1. The van der Waals surface area contributed by atoms with Gasteiger partial charge in [0.2, 0.25) is 10.0 Å². The molecule has 1 fully saturated rings. The van der Waals surface area contributed by atoms with Crippen LogP contribution < -0.4 is 10.2 Å². The molecule has 0 saturated carbocycles. The van der Waals surface area contributed by atoms with E-state index in [1.165, 1.54) is 16.4 Å². The van der Waals surface area contributed by atoms with Crippen LogP contribution in [0.1, 0.15) is 20.3 Å². The van der Waals surface area contributed by atoms with Crippen molar-refractivity contribution in [1.29, 1.82) is 0 Å². The van der Waals surface area contributed by atoms with Gasteiger partial charge in [-0.05, 0) is 25.5 Å². The van der Waals surface area contributed by atoms with Crippen LogP contribution in [0.15, 0.2) is 23.1 Å². The van der Waals surface area contributed by atoms with Crippen molar-refractivity contribution in [3.63, 3.8) is 0 Å². The van der Waals surface area contributed by atoms with E-state index in [9.17, 15) is 13.2 Å². The quantitative estimate of drug-likeness (QED) is 0.730. The zero-order chi connectivity index (χ0) is 18.6. The van der Waals surface area contributed by atoms with Gasteiger partial charge in [-0.3, -0.25) is 4.79 Å². The van der Waals surface area contributed by atoms with E-state index in [0.29, 0.717) is 32.7 Å². The minimum absolute atomic E-state index is 0.00481. The van der Waals surface area contributed by atoms with E-state index in [1.807, 2.05) is 13.8 Å². The first-order chi connectivity index (χ1) is 11.8. The zero-order valence-electron chi connectivity index (χ0n) is 14.4. The molecule has 1 atom stereocenters. The van der Waals surface area contributed by atoms with E-state index in [0.717, 1.165) is 11.3 Å². The SMILES string of the molecule is CC[C@@H](C)NC(=O)C[NH+]1CCN(S(=O)(=O)c2c(Cl)cccc2Cl)CC1. The smallest absolute Gasteiger partial charge is 0.275 e. The number of nitrogens with one attached hydrogen (secondary N) is 2. The number of quaternary nitrogens is 1. The highest BCUT2D eigenvalue weighted by molar-refractivity contribution is 7.89. The molecule has 0 bridgehead atoms. The number of benzene rings is 1. The number of carbonyl (C=O) groups is 1. The molecule has 1 aromatic rings. The van der Waals surface area contributed by atoms with Crippen LogP contribution in [-0.4, -0.2) is 57.4 Å². The Bertz CT molecular complexity index is 699. The Morgan fingerprint density at radius 1 is 1.28 bits per heavy atom. The highest BCUT2D eigenvalue weighted by Crippen LogP contribution is 2.31. The van der Waals surface area contributed by atoms with Crippen molar-refractivity contribution >= 4 is 39.1 Å². The monoisotopic (exact) mass is 408 g/mol. The fraction of sp³-hybridized carbons (Fsp3) is 0.562. The first-order valence-corrected chi connectivity index (χ1v) is 10.5. The van der Waals surface area contributed by atoms with Crippen LogP contribution in [0.4, 0.5) is 0 Å². The molecule has 2 rings (SSSR count). The summed E-state index contributed by atoms with van der Waals surface area (Å²) in [6, 6.07) is 4.79. The number of amides is 1. The summed E-state index contributed by atoms with van der Waals surface area (Å²) in [6.45, 7) is 6.12. The minimum atomic E-state index is -3.74. The Morgan fingerprint density at radius 2 is 1.84 bits per heavy atom. The molecule has 0 aromatic heterocycles. The second-order valence-electron chi connectivity index (χ2n) is 6.26. The number of hydrogen-bond acceptors (Lipinski definition) is 3. The van der Waals surface area contributed by atoms with Crippen molar-refractivity contribution in [2.24, 2.45) is 0 Å². The average Bonchev–Trinajstić information content (AvgIpc) is 2.54. The topological polar surface area (TPSA) is 70.9 Å². The van der Waals surface area contributed by atoms with Gasteiger partial charge in [-0.25, -0.2) is 8.42 Å². The van der Waals surface area contributed by atoms with Gasteiger partial charge in [-0.1, -0.05) is 36.2 Å². The van der Waals surface area contributed by atoms with Crippen molar-refractivity contribution in [1.82, 2.24) is 9.62 Å². The minimum Gasteiger partial charge on any atom is -0.349 e. The van der Waals surface area contributed by atoms with Crippen molar-refractivity contribution < 1.29 is 18.1 Å². The summed E-state index contributed by atoms with van der Waals surface area (Å²) in [5, 5.41) is 3.17. The van der Waals surface area contributed by atoms with Gasteiger partial charge in [-0.15, -0.1) is 0 Å². The van der Waals surface area contributed by atoms with Gasteiger partial charge in [0, 0.05) is 6.04 Å². The molecule has 1 aliphatic rings. The molecular weight excluding hydrogens is 385 g/mol. The molecule has 1 heterocycles. The van der Waals surface area contributed by atoms with Crippen LogP contribution in [0.3, 0.4) is 0 Å². The zero-order valence-corrected chi connectivity index (χ0v) is 16.7. The largest absolute Gasteiger partial charge is 0.349 e. The Labute approximate surface area is 159 Å². The fourth-order valence-electron chi connectivity index (χ4n) is 2.73. The summed E-state index contributed by atoms with van der Waals surface area (Å²) in [6.07, 6.45) is 0.881. The molecule has 2 N–H and O–H groups in total. The molecule has 1 amide bonds. The number of carbonyl (C=O) groups excluding carboxylic acids is 1. The van der Waals surface area contributed by atoms with Crippen LogP contribution in [0.25, 0.3) is 0 Å². The Kier molecular flexibility index (Phi) is 7.10. The summed E-state index contributed by atoms with van der Waals surface area (Å²) >= 11 is 12.1. The van der Waals surface area contributed by atoms with Gasteiger partial charge < -0.3 is 10.2 Å². The summed E-state index contributed by atoms with van der Waals surface area (Å²) < 4.78 is 27.0. The molecule has 1 aromatic carbocycles. The van der Waals surface area contributed by atoms with Crippen LogP contribution in [0.5, 0.6) is 0 Å². The summed E-state index contributed by atoms with van der Waals surface area (Å²) in [5.41, 5.74) is 0. The molecule has 140 valence electrons. The summed E-state index contributed by atoms with van der Waals surface area (Å²) in [7, 11) is -3.74. The first-order valence-electron chi connectivity index (χ1n) is 8.32. The van der Waals surface area contributed by atoms with E-state index in [-0.39, 0.29) is 26.9 Å². The highest BCUT2D eigenvalue weighted by Gasteiger charge is 2.33. The Hall–Kier alpha value is -0.860. The lowest BCUT2D eigenvalue weighted by Gasteiger charge is -2.31. The normalized spacial score (nSPS) is 18.1. The predicted octanol–water partition coefficient (Wildman–Crippen LogP) is 0.797. The number of rotatable bonds is 6. The third-order valence-electron chi connectivity index (χ3n) is 4.38. The van der Waals surface area contributed by atoms with Crippen molar-refractivity contribution in [3.8, 4) is 0 Å². The number of hydrogen-bond donors (Lipinski definition) is 2. The molecule has 6 nitrogen and oxygen atoms in total. The molecule has 0 spiro atoms. The first kappa shape index (κ1) is 20.5. The van der Waals surface area contributed by atoms with Gasteiger partial charge in [0.05, 0.1) is 36.2 Å². The van der Waals surface area contributed by atoms with E-state index in [1.54, 1.807) is 6.07 Å². The average molecular weight is 409 g/mol. The van der Waals surface area contributed by atoms with Crippen molar-refractivity contribution in [3.05, 3.63) is 28.2 Å². The molecule has 1 saturated heterocycles. The lowest BCUT2D eigenvalue weighted by molar-refractivity contribution is -0.895. The number of nitrogens with zero attached hydrogens (tertiary/aromatic N) is 1. The van der Waals surface area contributed by atoms with Gasteiger partial charge in [0.1, 0.15) is 4.90 Å². The molecule has 0 unspecified atom stereocenters. The Morgan fingerprint density at radius 3 is 2.36 bits per heavy atom. The van der Waals surface area contributed by atoms with Crippen LogP contribution in [0.2, 0.25) is 10.0 Å². The van der Waals surface area contributed by atoms with Crippen LogP contribution in [0, 0.1) is 0 Å². The number of sulfonamides is 1.